The molecule has 0 bridgehead atoms. The Labute approximate surface area is 121 Å². The molecule has 1 heterocycles. The van der Waals surface area contributed by atoms with Crippen LogP contribution in [0.15, 0.2) is 48.8 Å². The van der Waals surface area contributed by atoms with E-state index in [0.717, 1.165) is 6.54 Å². The van der Waals surface area contributed by atoms with Gasteiger partial charge in [0, 0.05) is 18.4 Å². The molecular weight excluding hydrogens is 244 g/mol. The molecule has 1 N–H and O–H groups in total. The summed E-state index contributed by atoms with van der Waals surface area (Å²) in [6.07, 6.45) is 7.48. The van der Waals surface area contributed by atoms with Crippen molar-refractivity contribution in [1.82, 2.24) is 10.3 Å². The highest BCUT2D eigenvalue weighted by Crippen LogP contribution is 2.33. The van der Waals surface area contributed by atoms with E-state index in [0.29, 0.717) is 12.0 Å². The van der Waals surface area contributed by atoms with E-state index in [1.807, 2.05) is 18.5 Å². The quantitative estimate of drug-likeness (QED) is 0.915. The van der Waals surface area contributed by atoms with Crippen LogP contribution in [0.4, 0.5) is 0 Å². The van der Waals surface area contributed by atoms with E-state index in [-0.39, 0.29) is 0 Å². The summed E-state index contributed by atoms with van der Waals surface area (Å²) in [5.41, 5.74) is 4.37. The highest BCUT2D eigenvalue weighted by molar-refractivity contribution is 5.31. The normalized spacial score (nSPS) is 19.4. The summed E-state index contributed by atoms with van der Waals surface area (Å²) in [6, 6.07) is 13.5. The first kappa shape index (κ1) is 13.3. The number of pyridine rings is 1. The lowest BCUT2D eigenvalue weighted by atomic mass is 9.78. The van der Waals surface area contributed by atoms with Crippen molar-refractivity contribution in [3.8, 4) is 0 Å². The van der Waals surface area contributed by atoms with Gasteiger partial charge >= 0.3 is 0 Å². The lowest BCUT2D eigenvalue weighted by molar-refractivity contribution is 0.330. The molecule has 20 heavy (non-hydrogen) atoms. The van der Waals surface area contributed by atoms with Crippen LogP contribution >= 0.6 is 0 Å². The number of hydrogen-bond donors (Lipinski definition) is 1. The van der Waals surface area contributed by atoms with E-state index >= 15 is 0 Å². The predicted octanol–water partition coefficient (Wildman–Crippen LogP) is 3.54. The van der Waals surface area contributed by atoms with Gasteiger partial charge in [0.15, 0.2) is 0 Å². The summed E-state index contributed by atoms with van der Waals surface area (Å²) < 4.78 is 0. The molecule has 0 saturated carbocycles. The minimum Gasteiger partial charge on any atom is -0.310 e. The second-order valence-corrected chi connectivity index (χ2v) is 5.59. The molecule has 0 amide bonds. The van der Waals surface area contributed by atoms with Crippen molar-refractivity contribution in [3.05, 3.63) is 65.5 Å². The molecule has 2 heteroatoms. The average Bonchev–Trinajstić information content (AvgIpc) is 2.53. The third-order valence-electron chi connectivity index (χ3n) is 4.32. The number of aromatic nitrogens is 1. The standard InChI is InChI=1S/C18H22N2/c1-2-20-18(17-8-5-11-19-13-17)16-10-9-14-6-3-4-7-15(14)12-16/h3-8,11,13,16,18,20H,2,9-10,12H2,1H3. The first-order valence-electron chi connectivity index (χ1n) is 7.58. The van der Waals surface area contributed by atoms with Crippen LogP contribution in [0.25, 0.3) is 0 Å². The van der Waals surface area contributed by atoms with Gasteiger partial charge in [0.1, 0.15) is 0 Å². The Bertz CT molecular complexity index is 550. The largest absolute Gasteiger partial charge is 0.310 e. The predicted molar refractivity (Wildman–Crippen MR) is 82.6 cm³/mol. The van der Waals surface area contributed by atoms with Crippen LogP contribution in [0.3, 0.4) is 0 Å². The van der Waals surface area contributed by atoms with Crippen molar-refractivity contribution in [2.24, 2.45) is 5.92 Å². The molecule has 1 aliphatic carbocycles. The Hall–Kier alpha value is -1.67. The van der Waals surface area contributed by atoms with Gasteiger partial charge < -0.3 is 5.32 Å². The van der Waals surface area contributed by atoms with Gasteiger partial charge in [-0.15, -0.1) is 0 Å². The summed E-state index contributed by atoms with van der Waals surface area (Å²) in [4.78, 5) is 4.29. The van der Waals surface area contributed by atoms with E-state index in [1.54, 1.807) is 0 Å². The molecule has 2 nitrogen and oxygen atoms in total. The molecule has 2 aromatic rings. The Balaban J connectivity index is 1.83. The topological polar surface area (TPSA) is 24.9 Å². The zero-order valence-electron chi connectivity index (χ0n) is 12.0. The lowest BCUT2D eigenvalue weighted by Gasteiger charge is -2.32. The third kappa shape index (κ3) is 2.75. The van der Waals surface area contributed by atoms with E-state index < -0.39 is 0 Å². The number of fused-ring (bicyclic) bond motifs is 1. The van der Waals surface area contributed by atoms with Gasteiger partial charge in [-0.25, -0.2) is 0 Å². The van der Waals surface area contributed by atoms with Crippen LogP contribution in [0.1, 0.15) is 36.1 Å². The van der Waals surface area contributed by atoms with Crippen molar-refractivity contribution in [2.45, 2.75) is 32.2 Å². The van der Waals surface area contributed by atoms with Crippen molar-refractivity contribution >= 4 is 0 Å². The smallest absolute Gasteiger partial charge is 0.0367 e. The number of nitrogens with one attached hydrogen (secondary N) is 1. The fraction of sp³-hybridized carbons (Fsp3) is 0.389. The van der Waals surface area contributed by atoms with Gasteiger partial charge in [0.25, 0.3) is 0 Å². The van der Waals surface area contributed by atoms with Crippen LogP contribution in [-0.4, -0.2) is 11.5 Å². The van der Waals surface area contributed by atoms with Gasteiger partial charge in [-0.1, -0.05) is 37.3 Å². The molecule has 104 valence electrons. The summed E-state index contributed by atoms with van der Waals surface area (Å²) in [7, 11) is 0. The maximum atomic E-state index is 4.29. The molecule has 0 spiro atoms. The van der Waals surface area contributed by atoms with E-state index in [4.69, 9.17) is 0 Å². The second-order valence-electron chi connectivity index (χ2n) is 5.59. The monoisotopic (exact) mass is 266 g/mol. The van der Waals surface area contributed by atoms with Gasteiger partial charge in [0.2, 0.25) is 0 Å². The minimum absolute atomic E-state index is 0.419. The zero-order valence-corrected chi connectivity index (χ0v) is 12.0. The molecule has 3 rings (SSSR count). The molecular formula is C18H22N2. The van der Waals surface area contributed by atoms with Crippen LogP contribution < -0.4 is 5.32 Å². The number of benzene rings is 1. The summed E-state index contributed by atoms with van der Waals surface area (Å²) in [6.45, 7) is 3.18. The summed E-state index contributed by atoms with van der Waals surface area (Å²) >= 11 is 0. The molecule has 0 fully saturated rings. The van der Waals surface area contributed by atoms with Crippen LogP contribution in [-0.2, 0) is 12.8 Å². The van der Waals surface area contributed by atoms with Crippen LogP contribution in [0.2, 0.25) is 0 Å². The first-order valence-corrected chi connectivity index (χ1v) is 7.58. The van der Waals surface area contributed by atoms with Gasteiger partial charge in [-0.05, 0) is 54.5 Å². The van der Waals surface area contributed by atoms with Crippen molar-refractivity contribution in [2.75, 3.05) is 6.54 Å². The van der Waals surface area contributed by atoms with Gasteiger partial charge in [-0.2, -0.15) is 0 Å². The van der Waals surface area contributed by atoms with Gasteiger partial charge in [0.05, 0.1) is 0 Å². The Kier molecular flexibility index (Phi) is 4.12. The van der Waals surface area contributed by atoms with E-state index in [2.05, 4.69) is 47.6 Å². The average molecular weight is 266 g/mol. The molecule has 1 aliphatic rings. The third-order valence-corrected chi connectivity index (χ3v) is 4.32. The van der Waals surface area contributed by atoms with Crippen LogP contribution in [0, 0.1) is 5.92 Å². The Morgan fingerprint density at radius 3 is 2.80 bits per heavy atom. The highest BCUT2D eigenvalue weighted by Gasteiger charge is 2.26. The number of rotatable bonds is 4. The molecule has 2 unspecified atom stereocenters. The zero-order chi connectivity index (χ0) is 13.8. The maximum absolute atomic E-state index is 4.29. The number of aryl methyl sites for hydroxylation is 1. The number of hydrogen-bond acceptors (Lipinski definition) is 2. The molecule has 1 aromatic heterocycles. The lowest BCUT2D eigenvalue weighted by Crippen LogP contribution is -2.31. The highest BCUT2D eigenvalue weighted by atomic mass is 14.9. The molecule has 2 atom stereocenters. The fourth-order valence-corrected chi connectivity index (χ4v) is 3.35. The van der Waals surface area contributed by atoms with Crippen molar-refractivity contribution < 1.29 is 0 Å². The van der Waals surface area contributed by atoms with Crippen molar-refractivity contribution in [3.63, 3.8) is 0 Å². The Morgan fingerprint density at radius 2 is 2.05 bits per heavy atom. The minimum atomic E-state index is 0.419. The van der Waals surface area contributed by atoms with Crippen LogP contribution in [0.5, 0.6) is 0 Å². The maximum Gasteiger partial charge on any atom is 0.0367 e. The summed E-state index contributed by atoms with van der Waals surface area (Å²) in [5, 5.41) is 3.66. The van der Waals surface area contributed by atoms with E-state index in [1.165, 1.54) is 36.0 Å². The summed E-state index contributed by atoms with van der Waals surface area (Å²) in [5.74, 6) is 0.661. The Morgan fingerprint density at radius 1 is 1.20 bits per heavy atom. The molecule has 1 aromatic carbocycles. The van der Waals surface area contributed by atoms with E-state index in [9.17, 15) is 0 Å². The number of nitrogens with zero attached hydrogens (tertiary/aromatic N) is 1. The second kappa shape index (κ2) is 6.19. The van der Waals surface area contributed by atoms with Crippen molar-refractivity contribution in [1.29, 1.82) is 0 Å². The van der Waals surface area contributed by atoms with Gasteiger partial charge in [-0.3, -0.25) is 4.98 Å². The molecule has 0 aliphatic heterocycles. The SMILES string of the molecule is CCNC(c1cccnc1)C1CCc2ccccc2C1. The molecule has 0 radical (unpaired) electrons. The first-order chi connectivity index (χ1) is 9.88. The molecule has 0 saturated heterocycles. The fourth-order valence-electron chi connectivity index (χ4n) is 3.35.